The number of aryl methyl sites for hydroxylation is 1. The molecule has 0 spiro atoms. The van der Waals surface area contributed by atoms with Crippen molar-refractivity contribution in [2.75, 3.05) is 27.3 Å². The Bertz CT molecular complexity index is 488. The Morgan fingerprint density at radius 1 is 1.19 bits per heavy atom. The standard InChI is InChI=1S/C15H22N2O3.ClH/c1-10-8-13(19-2)14(20-3)9-12(10)15(18)17-11-4-6-16-7-5-11;/h8-9,11,16H,4-7H2,1-3H3,(H,17,18);1H. The maximum Gasteiger partial charge on any atom is 0.251 e. The minimum Gasteiger partial charge on any atom is -0.493 e. The van der Waals surface area contributed by atoms with E-state index < -0.39 is 0 Å². The summed E-state index contributed by atoms with van der Waals surface area (Å²) in [5.41, 5.74) is 1.52. The quantitative estimate of drug-likeness (QED) is 0.891. The number of piperidine rings is 1. The highest BCUT2D eigenvalue weighted by Crippen LogP contribution is 2.30. The summed E-state index contributed by atoms with van der Waals surface area (Å²) in [6.45, 7) is 3.81. The third-order valence-corrected chi connectivity index (χ3v) is 3.65. The Labute approximate surface area is 131 Å². The van der Waals surface area contributed by atoms with Gasteiger partial charge in [0.1, 0.15) is 0 Å². The predicted molar refractivity (Wildman–Crippen MR) is 84.9 cm³/mol. The van der Waals surface area contributed by atoms with E-state index in [9.17, 15) is 4.79 Å². The molecular formula is C15H23ClN2O3. The number of rotatable bonds is 4. The van der Waals surface area contributed by atoms with Gasteiger partial charge in [-0.15, -0.1) is 12.4 Å². The van der Waals surface area contributed by atoms with E-state index in [1.807, 2.05) is 13.0 Å². The number of carbonyl (C=O) groups is 1. The van der Waals surface area contributed by atoms with Crippen LogP contribution in [0.2, 0.25) is 0 Å². The van der Waals surface area contributed by atoms with Crippen molar-refractivity contribution in [3.05, 3.63) is 23.3 Å². The molecule has 1 saturated heterocycles. The summed E-state index contributed by atoms with van der Waals surface area (Å²) < 4.78 is 10.5. The van der Waals surface area contributed by atoms with Crippen molar-refractivity contribution in [3.63, 3.8) is 0 Å². The highest BCUT2D eigenvalue weighted by atomic mass is 35.5. The minimum absolute atomic E-state index is 0. The van der Waals surface area contributed by atoms with Crippen LogP contribution in [0.1, 0.15) is 28.8 Å². The van der Waals surface area contributed by atoms with E-state index in [-0.39, 0.29) is 24.4 Å². The number of methoxy groups -OCH3 is 2. The minimum atomic E-state index is -0.0460. The van der Waals surface area contributed by atoms with E-state index in [1.54, 1.807) is 20.3 Å². The molecule has 2 rings (SSSR count). The molecule has 6 heteroatoms. The number of halogens is 1. The molecule has 1 aliphatic rings. The van der Waals surface area contributed by atoms with E-state index in [0.717, 1.165) is 31.5 Å². The van der Waals surface area contributed by atoms with Crippen molar-refractivity contribution < 1.29 is 14.3 Å². The van der Waals surface area contributed by atoms with Crippen molar-refractivity contribution in [1.82, 2.24) is 10.6 Å². The third-order valence-electron chi connectivity index (χ3n) is 3.65. The molecule has 0 radical (unpaired) electrons. The van der Waals surface area contributed by atoms with Gasteiger partial charge >= 0.3 is 0 Å². The number of nitrogens with one attached hydrogen (secondary N) is 2. The molecule has 1 heterocycles. The van der Waals surface area contributed by atoms with Crippen molar-refractivity contribution >= 4 is 18.3 Å². The topological polar surface area (TPSA) is 59.6 Å². The largest absolute Gasteiger partial charge is 0.493 e. The Morgan fingerprint density at radius 3 is 2.33 bits per heavy atom. The molecule has 1 aliphatic heterocycles. The summed E-state index contributed by atoms with van der Waals surface area (Å²) >= 11 is 0. The average Bonchev–Trinajstić information content (AvgIpc) is 2.47. The second-order valence-corrected chi connectivity index (χ2v) is 5.02. The summed E-state index contributed by atoms with van der Waals surface area (Å²) in [6, 6.07) is 3.82. The fourth-order valence-corrected chi connectivity index (χ4v) is 2.45. The van der Waals surface area contributed by atoms with Crippen molar-refractivity contribution in [1.29, 1.82) is 0 Å². The van der Waals surface area contributed by atoms with Crippen molar-refractivity contribution in [2.45, 2.75) is 25.8 Å². The summed E-state index contributed by atoms with van der Waals surface area (Å²) in [7, 11) is 3.16. The van der Waals surface area contributed by atoms with Gasteiger partial charge in [0.25, 0.3) is 5.91 Å². The normalized spacial score (nSPS) is 15.0. The Hall–Kier alpha value is -1.46. The van der Waals surface area contributed by atoms with E-state index in [0.29, 0.717) is 17.1 Å². The maximum absolute atomic E-state index is 12.4. The zero-order valence-electron chi connectivity index (χ0n) is 12.7. The number of hydrogen-bond donors (Lipinski definition) is 2. The first-order chi connectivity index (χ1) is 9.65. The fraction of sp³-hybridized carbons (Fsp3) is 0.533. The van der Waals surface area contributed by atoms with Crippen LogP contribution >= 0.6 is 12.4 Å². The second-order valence-electron chi connectivity index (χ2n) is 5.02. The Balaban J connectivity index is 0.00000220. The lowest BCUT2D eigenvalue weighted by Gasteiger charge is -2.24. The number of hydrogen-bond acceptors (Lipinski definition) is 4. The van der Waals surface area contributed by atoms with E-state index in [1.165, 1.54) is 0 Å². The zero-order valence-corrected chi connectivity index (χ0v) is 13.5. The smallest absolute Gasteiger partial charge is 0.251 e. The Morgan fingerprint density at radius 2 is 1.76 bits per heavy atom. The van der Waals surface area contributed by atoms with Crippen LogP contribution in [-0.2, 0) is 0 Å². The van der Waals surface area contributed by atoms with Gasteiger partial charge in [0.15, 0.2) is 11.5 Å². The molecule has 0 atom stereocenters. The van der Waals surface area contributed by atoms with Gasteiger partial charge in [-0.2, -0.15) is 0 Å². The van der Waals surface area contributed by atoms with Crippen molar-refractivity contribution in [2.24, 2.45) is 0 Å². The fourth-order valence-electron chi connectivity index (χ4n) is 2.45. The molecular weight excluding hydrogens is 292 g/mol. The van der Waals surface area contributed by atoms with Crippen LogP contribution in [0.25, 0.3) is 0 Å². The summed E-state index contributed by atoms with van der Waals surface area (Å²) in [5.74, 6) is 1.17. The van der Waals surface area contributed by atoms with Gasteiger partial charge in [0, 0.05) is 11.6 Å². The molecule has 0 unspecified atom stereocenters. The third kappa shape index (κ3) is 4.25. The maximum atomic E-state index is 12.4. The molecule has 0 bridgehead atoms. The van der Waals surface area contributed by atoms with Gasteiger partial charge in [-0.25, -0.2) is 0 Å². The first-order valence-electron chi connectivity index (χ1n) is 6.90. The number of benzene rings is 1. The van der Waals surface area contributed by atoms with Gasteiger partial charge < -0.3 is 20.1 Å². The number of carbonyl (C=O) groups excluding carboxylic acids is 1. The van der Waals surface area contributed by atoms with E-state index >= 15 is 0 Å². The molecule has 0 saturated carbocycles. The summed E-state index contributed by atoms with van der Waals surface area (Å²) in [4.78, 5) is 12.4. The van der Waals surface area contributed by atoms with E-state index in [2.05, 4.69) is 10.6 Å². The second kappa shape index (κ2) is 8.10. The van der Waals surface area contributed by atoms with Gasteiger partial charge in [0.2, 0.25) is 0 Å². The Kier molecular flexibility index (Phi) is 6.78. The lowest BCUT2D eigenvalue weighted by atomic mass is 10.0. The molecule has 1 amide bonds. The molecule has 0 aromatic heterocycles. The zero-order chi connectivity index (χ0) is 14.5. The molecule has 21 heavy (non-hydrogen) atoms. The van der Waals surface area contributed by atoms with Gasteiger partial charge in [0.05, 0.1) is 14.2 Å². The van der Waals surface area contributed by atoms with E-state index in [4.69, 9.17) is 9.47 Å². The molecule has 1 aromatic carbocycles. The van der Waals surface area contributed by atoms with Crippen molar-refractivity contribution in [3.8, 4) is 11.5 Å². The first-order valence-corrected chi connectivity index (χ1v) is 6.90. The summed E-state index contributed by atoms with van der Waals surface area (Å²) in [5, 5.41) is 6.37. The monoisotopic (exact) mass is 314 g/mol. The van der Waals surface area contributed by atoms with Gasteiger partial charge in [-0.3, -0.25) is 4.79 Å². The predicted octanol–water partition coefficient (Wildman–Crippen LogP) is 1.92. The SMILES string of the molecule is COc1cc(C)c(C(=O)NC2CCNCC2)cc1OC.Cl. The molecule has 0 aliphatic carbocycles. The van der Waals surface area contributed by atoms with Crippen LogP contribution in [0, 0.1) is 6.92 Å². The molecule has 118 valence electrons. The van der Waals surface area contributed by atoms with Crippen LogP contribution in [0.3, 0.4) is 0 Å². The van der Waals surface area contributed by atoms with Crippen LogP contribution < -0.4 is 20.1 Å². The summed E-state index contributed by atoms with van der Waals surface area (Å²) in [6.07, 6.45) is 1.94. The average molecular weight is 315 g/mol. The van der Waals surface area contributed by atoms with Crippen LogP contribution in [0.4, 0.5) is 0 Å². The first kappa shape index (κ1) is 17.6. The molecule has 2 N–H and O–H groups in total. The number of amides is 1. The lowest BCUT2D eigenvalue weighted by Crippen LogP contribution is -2.42. The van der Waals surface area contributed by atoms with Gasteiger partial charge in [-0.1, -0.05) is 0 Å². The molecule has 1 fully saturated rings. The number of ether oxygens (including phenoxy) is 2. The van der Waals surface area contributed by atoms with Gasteiger partial charge in [-0.05, 0) is 50.6 Å². The molecule has 5 nitrogen and oxygen atoms in total. The van der Waals surface area contributed by atoms with Crippen LogP contribution in [0.5, 0.6) is 11.5 Å². The van der Waals surface area contributed by atoms with Crippen LogP contribution in [0.15, 0.2) is 12.1 Å². The lowest BCUT2D eigenvalue weighted by molar-refractivity contribution is 0.0928. The highest BCUT2D eigenvalue weighted by molar-refractivity contribution is 5.96. The van der Waals surface area contributed by atoms with Crippen LogP contribution in [-0.4, -0.2) is 39.3 Å². The highest BCUT2D eigenvalue weighted by Gasteiger charge is 2.19. The molecule has 1 aromatic rings.